The molecule has 0 atom stereocenters. The van der Waals surface area contributed by atoms with Crippen LogP contribution in [0.2, 0.25) is 0 Å². The summed E-state index contributed by atoms with van der Waals surface area (Å²) in [5, 5.41) is 3.36. The number of carbonyl (C=O) groups is 1. The first-order chi connectivity index (χ1) is 8.16. The number of thiazole rings is 1. The van der Waals surface area contributed by atoms with Gasteiger partial charge < -0.3 is 10.2 Å². The van der Waals surface area contributed by atoms with Crippen LogP contribution in [0.1, 0.15) is 29.8 Å². The number of amides is 1. The van der Waals surface area contributed by atoms with Crippen LogP contribution in [0, 0.1) is 6.92 Å². The van der Waals surface area contributed by atoms with Gasteiger partial charge in [0.05, 0.1) is 17.7 Å². The van der Waals surface area contributed by atoms with Crippen molar-refractivity contribution in [3.8, 4) is 0 Å². The average molecular weight is 253 g/mol. The van der Waals surface area contributed by atoms with Gasteiger partial charge in [0.15, 0.2) is 0 Å². The molecule has 5 heteroatoms. The fraction of sp³-hybridized carbons (Fsp3) is 0.667. The van der Waals surface area contributed by atoms with Gasteiger partial charge in [0.25, 0.3) is 0 Å². The molecule has 1 aliphatic carbocycles. The van der Waals surface area contributed by atoms with E-state index >= 15 is 0 Å². The molecular formula is C12H19N3OS. The number of aromatic nitrogens is 1. The Labute approximate surface area is 106 Å². The van der Waals surface area contributed by atoms with Crippen molar-refractivity contribution >= 4 is 17.2 Å². The summed E-state index contributed by atoms with van der Waals surface area (Å²) in [5.74, 6) is 0.200. The number of carbonyl (C=O) groups excluding carboxylic acids is 1. The molecule has 2 rings (SSSR count). The predicted molar refractivity (Wildman–Crippen MR) is 69.0 cm³/mol. The minimum atomic E-state index is 0.200. The number of aryl methyl sites for hydroxylation is 1. The Balaban J connectivity index is 1.72. The van der Waals surface area contributed by atoms with Crippen molar-refractivity contribution in [1.82, 2.24) is 15.2 Å². The Morgan fingerprint density at radius 2 is 2.41 bits per heavy atom. The Hall–Kier alpha value is -0.940. The molecule has 1 fully saturated rings. The van der Waals surface area contributed by atoms with Crippen molar-refractivity contribution in [3.05, 3.63) is 16.1 Å². The molecule has 1 saturated carbocycles. The van der Waals surface area contributed by atoms with Crippen molar-refractivity contribution in [1.29, 1.82) is 0 Å². The van der Waals surface area contributed by atoms with E-state index < -0.39 is 0 Å². The number of nitrogens with one attached hydrogen (secondary N) is 1. The normalized spacial score (nSPS) is 14.9. The molecule has 4 nitrogen and oxygen atoms in total. The molecule has 0 saturated heterocycles. The van der Waals surface area contributed by atoms with Crippen LogP contribution in [0.3, 0.4) is 0 Å². The molecule has 1 aliphatic rings. The van der Waals surface area contributed by atoms with Crippen LogP contribution in [-0.2, 0) is 11.3 Å². The van der Waals surface area contributed by atoms with Gasteiger partial charge in [0.1, 0.15) is 0 Å². The summed E-state index contributed by atoms with van der Waals surface area (Å²) in [7, 11) is 1.86. The summed E-state index contributed by atoms with van der Waals surface area (Å²) < 4.78 is 0. The third kappa shape index (κ3) is 3.78. The van der Waals surface area contributed by atoms with Gasteiger partial charge in [-0.1, -0.05) is 0 Å². The molecule has 0 aromatic carbocycles. The maximum atomic E-state index is 11.9. The molecule has 17 heavy (non-hydrogen) atoms. The highest BCUT2D eigenvalue weighted by molar-refractivity contribution is 7.09. The largest absolute Gasteiger partial charge is 0.341 e. The second kappa shape index (κ2) is 5.60. The van der Waals surface area contributed by atoms with Crippen molar-refractivity contribution < 1.29 is 4.79 Å². The lowest BCUT2D eigenvalue weighted by atomic mass is 10.3. The van der Waals surface area contributed by atoms with Gasteiger partial charge in [-0.15, -0.1) is 11.3 Å². The standard InChI is InChI=1S/C12H19N3OS/c1-9-11(17-8-14-9)7-15(2)12(16)5-6-13-10-3-4-10/h8,10,13H,3-7H2,1-2H3. The lowest BCUT2D eigenvalue weighted by Crippen LogP contribution is -2.30. The SMILES string of the molecule is Cc1ncsc1CN(C)C(=O)CCNC1CC1. The zero-order valence-corrected chi connectivity index (χ0v) is 11.2. The van der Waals surface area contributed by atoms with E-state index in [1.165, 1.54) is 17.7 Å². The number of hydrogen-bond acceptors (Lipinski definition) is 4. The average Bonchev–Trinajstić information content (AvgIpc) is 3.04. The molecule has 1 aromatic rings. The highest BCUT2D eigenvalue weighted by Gasteiger charge is 2.20. The fourth-order valence-electron chi connectivity index (χ4n) is 1.64. The molecule has 1 amide bonds. The molecule has 1 heterocycles. The minimum absolute atomic E-state index is 0.200. The maximum Gasteiger partial charge on any atom is 0.223 e. The van der Waals surface area contributed by atoms with Gasteiger partial charge in [0, 0.05) is 30.9 Å². The molecule has 1 N–H and O–H groups in total. The van der Waals surface area contributed by atoms with E-state index in [1.54, 1.807) is 16.2 Å². The van der Waals surface area contributed by atoms with Crippen LogP contribution in [0.4, 0.5) is 0 Å². The van der Waals surface area contributed by atoms with Gasteiger partial charge >= 0.3 is 0 Å². The lowest BCUT2D eigenvalue weighted by Gasteiger charge is -2.16. The van der Waals surface area contributed by atoms with E-state index in [0.717, 1.165) is 12.2 Å². The van der Waals surface area contributed by atoms with E-state index in [1.807, 2.05) is 19.5 Å². The fourth-order valence-corrected chi connectivity index (χ4v) is 2.47. The van der Waals surface area contributed by atoms with Crippen molar-refractivity contribution in [3.63, 3.8) is 0 Å². The second-order valence-electron chi connectivity index (χ2n) is 4.59. The van der Waals surface area contributed by atoms with E-state index in [0.29, 0.717) is 19.0 Å². The first-order valence-corrected chi connectivity index (χ1v) is 6.91. The van der Waals surface area contributed by atoms with Crippen LogP contribution >= 0.6 is 11.3 Å². The lowest BCUT2D eigenvalue weighted by molar-refractivity contribution is -0.130. The smallest absolute Gasteiger partial charge is 0.223 e. The van der Waals surface area contributed by atoms with Gasteiger partial charge in [-0.2, -0.15) is 0 Å². The minimum Gasteiger partial charge on any atom is -0.341 e. The Kier molecular flexibility index (Phi) is 4.12. The number of rotatable bonds is 6. The van der Waals surface area contributed by atoms with Crippen LogP contribution < -0.4 is 5.32 Å². The van der Waals surface area contributed by atoms with Crippen molar-refractivity contribution in [2.24, 2.45) is 0 Å². The molecule has 0 aliphatic heterocycles. The molecule has 0 unspecified atom stereocenters. The van der Waals surface area contributed by atoms with Gasteiger partial charge in [-0.25, -0.2) is 4.98 Å². The highest BCUT2D eigenvalue weighted by atomic mass is 32.1. The summed E-state index contributed by atoms with van der Waals surface area (Å²) in [6.45, 7) is 3.47. The Morgan fingerprint density at radius 3 is 3.00 bits per heavy atom. The van der Waals surface area contributed by atoms with E-state index in [4.69, 9.17) is 0 Å². The summed E-state index contributed by atoms with van der Waals surface area (Å²) in [6.07, 6.45) is 3.12. The van der Waals surface area contributed by atoms with E-state index in [9.17, 15) is 4.79 Å². The maximum absolute atomic E-state index is 11.9. The van der Waals surface area contributed by atoms with Crippen LogP contribution in [0.5, 0.6) is 0 Å². The van der Waals surface area contributed by atoms with Gasteiger partial charge in [-0.05, 0) is 19.8 Å². The summed E-state index contributed by atoms with van der Waals surface area (Å²) in [5.41, 5.74) is 2.86. The topological polar surface area (TPSA) is 45.2 Å². The molecule has 94 valence electrons. The van der Waals surface area contributed by atoms with Crippen LogP contribution in [0.25, 0.3) is 0 Å². The summed E-state index contributed by atoms with van der Waals surface area (Å²) in [4.78, 5) is 19.0. The first kappa shape index (κ1) is 12.5. The van der Waals surface area contributed by atoms with Crippen molar-refractivity contribution in [2.45, 2.75) is 38.8 Å². The zero-order valence-electron chi connectivity index (χ0n) is 10.4. The number of hydrogen-bond donors (Lipinski definition) is 1. The van der Waals surface area contributed by atoms with E-state index in [-0.39, 0.29) is 5.91 Å². The zero-order chi connectivity index (χ0) is 12.3. The van der Waals surface area contributed by atoms with Crippen LogP contribution in [-0.4, -0.2) is 35.4 Å². The summed E-state index contributed by atoms with van der Waals surface area (Å²) >= 11 is 1.61. The Morgan fingerprint density at radius 1 is 1.65 bits per heavy atom. The molecular weight excluding hydrogens is 234 g/mol. The summed E-state index contributed by atoms with van der Waals surface area (Å²) in [6, 6.07) is 0.678. The molecule has 0 spiro atoms. The quantitative estimate of drug-likeness (QED) is 0.836. The highest BCUT2D eigenvalue weighted by Crippen LogP contribution is 2.18. The molecule has 0 radical (unpaired) electrons. The predicted octanol–water partition coefficient (Wildman–Crippen LogP) is 1.55. The number of nitrogens with zero attached hydrogens (tertiary/aromatic N) is 2. The van der Waals surface area contributed by atoms with Gasteiger partial charge in [0.2, 0.25) is 5.91 Å². The monoisotopic (exact) mass is 253 g/mol. The Bertz CT molecular complexity index is 387. The third-order valence-electron chi connectivity index (χ3n) is 3.00. The van der Waals surface area contributed by atoms with E-state index in [2.05, 4.69) is 10.3 Å². The second-order valence-corrected chi connectivity index (χ2v) is 5.53. The van der Waals surface area contributed by atoms with Crippen molar-refractivity contribution in [2.75, 3.05) is 13.6 Å². The third-order valence-corrected chi connectivity index (χ3v) is 3.92. The van der Waals surface area contributed by atoms with Gasteiger partial charge in [-0.3, -0.25) is 4.79 Å². The molecule has 0 bridgehead atoms. The molecule has 1 aromatic heterocycles. The first-order valence-electron chi connectivity index (χ1n) is 6.03. The van der Waals surface area contributed by atoms with Crippen LogP contribution in [0.15, 0.2) is 5.51 Å².